The van der Waals surface area contributed by atoms with E-state index in [0.717, 1.165) is 11.5 Å². The third kappa shape index (κ3) is 1.71. The number of hydrogen-bond acceptors (Lipinski definition) is 2. The molecule has 1 heterocycles. The first-order chi connectivity index (χ1) is 6.66. The maximum atomic E-state index is 12.8. The second-order valence-corrected chi connectivity index (χ2v) is 4.27. The van der Waals surface area contributed by atoms with E-state index in [-0.39, 0.29) is 11.4 Å². The lowest BCUT2D eigenvalue weighted by molar-refractivity contribution is 0.627. The molecule has 0 fully saturated rings. The maximum Gasteiger partial charge on any atom is 0.266 e. The van der Waals surface area contributed by atoms with Gasteiger partial charge in [-0.05, 0) is 29.7 Å². The van der Waals surface area contributed by atoms with Crippen LogP contribution in [0.2, 0.25) is 4.34 Å². The minimum absolute atomic E-state index is 0.245. The molecule has 0 aliphatic heterocycles. The topological polar surface area (TPSA) is 22.0 Å². The summed E-state index contributed by atoms with van der Waals surface area (Å²) in [5.74, 6) is -0.376. The smallest absolute Gasteiger partial charge is 0.266 e. The summed E-state index contributed by atoms with van der Waals surface area (Å²) < 4.78 is 14.6. The monoisotopic (exact) mass is 229 g/mol. The first-order valence-corrected chi connectivity index (χ1v) is 4.97. The van der Waals surface area contributed by atoms with E-state index < -0.39 is 0 Å². The van der Waals surface area contributed by atoms with Gasteiger partial charge in [-0.15, -0.1) is 0 Å². The maximum absolute atomic E-state index is 12.8. The van der Waals surface area contributed by atoms with Gasteiger partial charge in [-0.2, -0.15) is 0 Å². The molecule has 5 heteroatoms. The highest BCUT2D eigenvalue weighted by atomic mass is 35.5. The van der Waals surface area contributed by atoms with Crippen molar-refractivity contribution in [2.75, 3.05) is 0 Å². The highest BCUT2D eigenvalue weighted by Gasteiger charge is 2.04. The minimum Gasteiger partial charge on any atom is -0.268 e. The molecule has 1 aromatic carbocycles. The average Bonchev–Trinajstić information content (AvgIpc) is 2.45. The predicted molar refractivity (Wildman–Crippen MR) is 54.9 cm³/mol. The first kappa shape index (κ1) is 9.43. The minimum atomic E-state index is -0.376. The van der Waals surface area contributed by atoms with Crippen LogP contribution in [-0.2, 0) is 0 Å². The van der Waals surface area contributed by atoms with E-state index in [1.54, 1.807) is 12.1 Å². The summed E-state index contributed by atoms with van der Waals surface area (Å²) in [6.07, 6.45) is 0. The third-order valence-electron chi connectivity index (χ3n) is 1.66. The van der Waals surface area contributed by atoms with Gasteiger partial charge in [0.15, 0.2) is 0 Å². The number of rotatable bonds is 1. The lowest BCUT2D eigenvalue weighted by Gasteiger charge is -1.98. The normalized spacial score (nSPS) is 10.4. The summed E-state index contributed by atoms with van der Waals surface area (Å²) in [6.45, 7) is 0. The van der Waals surface area contributed by atoms with Crippen LogP contribution in [0.4, 0.5) is 4.39 Å². The zero-order valence-corrected chi connectivity index (χ0v) is 8.48. The molecule has 0 unspecified atom stereocenters. The number of nitrogens with zero attached hydrogens (tertiary/aromatic N) is 1. The largest absolute Gasteiger partial charge is 0.268 e. The second kappa shape index (κ2) is 3.55. The van der Waals surface area contributed by atoms with Crippen molar-refractivity contribution < 1.29 is 4.39 Å². The standard InChI is InChI=1S/C9H5ClFNOS/c10-8-5-9(13)12(14-8)7-3-1-2-6(11)4-7/h1-5H. The fourth-order valence-corrected chi connectivity index (χ4v) is 2.09. The Hall–Kier alpha value is -1.13. The van der Waals surface area contributed by atoms with Gasteiger partial charge in [-0.3, -0.25) is 4.79 Å². The van der Waals surface area contributed by atoms with E-state index in [2.05, 4.69) is 0 Å². The van der Waals surface area contributed by atoms with Crippen molar-refractivity contribution in [2.24, 2.45) is 0 Å². The third-order valence-corrected chi connectivity index (χ3v) is 2.84. The van der Waals surface area contributed by atoms with Gasteiger partial charge in [0.2, 0.25) is 0 Å². The molecular weight excluding hydrogens is 225 g/mol. The number of halogens is 2. The van der Waals surface area contributed by atoms with Crippen LogP contribution in [0.15, 0.2) is 35.1 Å². The van der Waals surface area contributed by atoms with Crippen LogP contribution < -0.4 is 5.56 Å². The van der Waals surface area contributed by atoms with Gasteiger partial charge >= 0.3 is 0 Å². The Morgan fingerprint density at radius 1 is 1.36 bits per heavy atom. The van der Waals surface area contributed by atoms with Crippen molar-refractivity contribution >= 4 is 23.1 Å². The summed E-state index contributed by atoms with van der Waals surface area (Å²) in [4.78, 5) is 11.3. The SMILES string of the molecule is O=c1cc(Cl)sn1-c1cccc(F)c1. The molecule has 72 valence electrons. The van der Waals surface area contributed by atoms with Crippen LogP contribution >= 0.6 is 23.1 Å². The molecule has 1 aromatic heterocycles. The molecule has 0 saturated carbocycles. The van der Waals surface area contributed by atoms with Gasteiger partial charge < -0.3 is 0 Å². The molecular formula is C9H5ClFNOS. The zero-order chi connectivity index (χ0) is 10.1. The highest BCUT2D eigenvalue weighted by molar-refractivity contribution is 7.11. The molecule has 14 heavy (non-hydrogen) atoms. The van der Waals surface area contributed by atoms with E-state index >= 15 is 0 Å². The van der Waals surface area contributed by atoms with Crippen molar-refractivity contribution in [3.05, 3.63) is 50.8 Å². The molecule has 0 saturated heterocycles. The Kier molecular flexibility index (Phi) is 2.39. The fraction of sp³-hybridized carbons (Fsp3) is 0. The summed E-state index contributed by atoms with van der Waals surface area (Å²) in [6, 6.07) is 7.11. The zero-order valence-electron chi connectivity index (χ0n) is 6.91. The van der Waals surface area contributed by atoms with Crippen molar-refractivity contribution in [1.29, 1.82) is 0 Å². The van der Waals surface area contributed by atoms with Gasteiger partial charge in [0, 0.05) is 6.07 Å². The molecule has 2 rings (SSSR count). The summed E-state index contributed by atoms with van der Waals surface area (Å²) in [5, 5.41) is 0. The van der Waals surface area contributed by atoms with E-state index in [1.165, 1.54) is 22.2 Å². The van der Waals surface area contributed by atoms with Crippen LogP contribution in [0.5, 0.6) is 0 Å². The lowest BCUT2D eigenvalue weighted by Crippen LogP contribution is -2.09. The Balaban J connectivity index is 2.60. The molecule has 0 spiro atoms. The summed E-state index contributed by atoms with van der Waals surface area (Å²) in [5.41, 5.74) is 0.248. The Labute approximate surface area is 88.3 Å². The Morgan fingerprint density at radius 2 is 2.14 bits per heavy atom. The molecule has 2 aromatic rings. The quantitative estimate of drug-likeness (QED) is 0.737. The van der Waals surface area contributed by atoms with Crippen molar-refractivity contribution in [1.82, 2.24) is 3.96 Å². The van der Waals surface area contributed by atoms with Crippen LogP contribution in [0.25, 0.3) is 5.69 Å². The number of hydrogen-bond donors (Lipinski definition) is 0. The van der Waals surface area contributed by atoms with Crippen molar-refractivity contribution in [2.45, 2.75) is 0 Å². The van der Waals surface area contributed by atoms with Gasteiger partial charge in [0.25, 0.3) is 5.56 Å². The van der Waals surface area contributed by atoms with Crippen molar-refractivity contribution in [3.63, 3.8) is 0 Å². The molecule has 0 N–H and O–H groups in total. The predicted octanol–water partition coefficient (Wildman–Crippen LogP) is 2.69. The molecule has 0 atom stereocenters. The van der Waals surface area contributed by atoms with Gasteiger partial charge in [0.05, 0.1) is 5.69 Å². The van der Waals surface area contributed by atoms with Crippen LogP contribution in [0.1, 0.15) is 0 Å². The molecule has 0 amide bonds. The Morgan fingerprint density at radius 3 is 2.71 bits per heavy atom. The van der Waals surface area contributed by atoms with Crippen molar-refractivity contribution in [3.8, 4) is 5.69 Å². The van der Waals surface area contributed by atoms with E-state index in [9.17, 15) is 9.18 Å². The molecule has 2 nitrogen and oxygen atoms in total. The Bertz CT molecular complexity index is 520. The van der Waals surface area contributed by atoms with Gasteiger partial charge in [-0.25, -0.2) is 8.35 Å². The fourth-order valence-electron chi connectivity index (χ4n) is 1.10. The van der Waals surface area contributed by atoms with Gasteiger partial charge in [0.1, 0.15) is 10.2 Å². The molecule has 0 radical (unpaired) electrons. The van der Waals surface area contributed by atoms with Gasteiger partial charge in [-0.1, -0.05) is 17.7 Å². The lowest BCUT2D eigenvalue weighted by atomic mass is 10.3. The van der Waals surface area contributed by atoms with E-state index in [4.69, 9.17) is 11.6 Å². The second-order valence-electron chi connectivity index (χ2n) is 2.65. The first-order valence-electron chi connectivity index (χ1n) is 3.81. The van der Waals surface area contributed by atoms with E-state index in [0.29, 0.717) is 10.0 Å². The van der Waals surface area contributed by atoms with E-state index in [1.807, 2.05) is 0 Å². The highest BCUT2D eigenvalue weighted by Crippen LogP contribution is 2.17. The number of benzene rings is 1. The molecule has 0 aliphatic carbocycles. The summed E-state index contributed by atoms with van der Waals surface area (Å²) in [7, 11) is 0. The van der Waals surface area contributed by atoms with Crippen LogP contribution in [-0.4, -0.2) is 3.96 Å². The van der Waals surface area contributed by atoms with Crippen LogP contribution in [0, 0.1) is 5.82 Å². The average molecular weight is 230 g/mol. The summed E-state index contributed by atoms with van der Waals surface area (Å²) >= 11 is 6.74. The number of aromatic nitrogens is 1. The molecule has 0 bridgehead atoms. The molecule has 0 aliphatic rings. The van der Waals surface area contributed by atoms with Crippen LogP contribution in [0.3, 0.4) is 0 Å².